The maximum absolute atomic E-state index is 11.5. The van der Waals surface area contributed by atoms with Gasteiger partial charge in [-0.05, 0) is 30.7 Å². The van der Waals surface area contributed by atoms with Crippen LogP contribution in [0.25, 0.3) is 11.1 Å². The highest BCUT2D eigenvalue weighted by Crippen LogP contribution is 2.28. The van der Waals surface area contributed by atoms with Crippen LogP contribution in [0.15, 0.2) is 30.6 Å². The lowest BCUT2D eigenvalue weighted by atomic mass is 10.0. The summed E-state index contributed by atoms with van der Waals surface area (Å²) < 4.78 is 0. The van der Waals surface area contributed by atoms with E-state index in [0.717, 1.165) is 16.8 Å². The van der Waals surface area contributed by atoms with Crippen molar-refractivity contribution in [3.63, 3.8) is 0 Å². The number of aryl methyl sites for hydroxylation is 1. The van der Waals surface area contributed by atoms with E-state index in [9.17, 15) is 10.1 Å². The fourth-order valence-corrected chi connectivity index (χ4v) is 2.97. The molecule has 0 N–H and O–H groups in total. The van der Waals surface area contributed by atoms with Crippen molar-refractivity contribution in [2.75, 3.05) is 31.1 Å². The van der Waals surface area contributed by atoms with Crippen molar-refractivity contribution in [3.8, 4) is 17.2 Å². The highest BCUT2D eigenvalue weighted by atomic mass is 16.2. The van der Waals surface area contributed by atoms with Crippen LogP contribution in [0.3, 0.4) is 0 Å². The lowest BCUT2D eigenvalue weighted by molar-refractivity contribution is -0.129. The van der Waals surface area contributed by atoms with Crippen molar-refractivity contribution in [1.82, 2.24) is 14.9 Å². The predicted octanol–water partition coefficient (Wildman–Crippen LogP) is 1.99. The minimum atomic E-state index is 0.0901. The number of hydrogen-bond acceptors (Lipinski definition) is 5. The zero-order valence-corrected chi connectivity index (χ0v) is 13.9. The molecule has 0 saturated carbocycles. The van der Waals surface area contributed by atoms with E-state index in [4.69, 9.17) is 4.98 Å². The SMILES string of the molecule is CC(=O)N1CCN(c2nc(C)c(-c3ccncc3)cc2C#N)CC1. The number of amides is 1. The van der Waals surface area contributed by atoms with Crippen LogP contribution in [-0.4, -0.2) is 47.0 Å². The van der Waals surface area contributed by atoms with Crippen molar-refractivity contribution in [2.24, 2.45) is 0 Å². The molecule has 2 aromatic rings. The molecule has 0 unspecified atom stereocenters. The molecule has 0 spiro atoms. The molecule has 1 saturated heterocycles. The number of carbonyl (C=O) groups is 1. The molecule has 24 heavy (non-hydrogen) atoms. The number of nitrogens with zero attached hydrogens (tertiary/aromatic N) is 5. The molecule has 0 radical (unpaired) electrons. The Balaban J connectivity index is 1.92. The molecule has 0 atom stereocenters. The van der Waals surface area contributed by atoms with E-state index < -0.39 is 0 Å². The Labute approximate surface area is 141 Å². The number of nitriles is 1. The molecule has 0 aliphatic carbocycles. The molecule has 0 bridgehead atoms. The molecular formula is C18H19N5O. The molecule has 122 valence electrons. The average Bonchev–Trinajstić information content (AvgIpc) is 2.62. The van der Waals surface area contributed by atoms with Gasteiger partial charge in [0.2, 0.25) is 5.91 Å². The second-order valence-corrected chi connectivity index (χ2v) is 5.83. The number of anilines is 1. The van der Waals surface area contributed by atoms with Gasteiger partial charge in [-0.3, -0.25) is 9.78 Å². The second-order valence-electron chi connectivity index (χ2n) is 5.83. The Morgan fingerprint density at radius 1 is 1.21 bits per heavy atom. The topological polar surface area (TPSA) is 73.1 Å². The Morgan fingerprint density at radius 2 is 1.88 bits per heavy atom. The summed E-state index contributed by atoms with van der Waals surface area (Å²) in [6.07, 6.45) is 3.46. The van der Waals surface area contributed by atoms with Gasteiger partial charge in [-0.25, -0.2) is 4.98 Å². The summed E-state index contributed by atoms with van der Waals surface area (Å²) in [6.45, 7) is 6.24. The van der Waals surface area contributed by atoms with Crippen molar-refractivity contribution in [2.45, 2.75) is 13.8 Å². The number of carbonyl (C=O) groups excluding carboxylic acids is 1. The third-order valence-electron chi connectivity index (χ3n) is 4.33. The highest BCUT2D eigenvalue weighted by Gasteiger charge is 2.22. The monoisotopic (exact) mass is 321 g/mol. The lowest BCUT2D eigenvalue weighted by Crippen LogP contribution is -2.48. The minimum absolute atomic E-state index is 0.0901. The van der Waals surface area contributed by atoms with Crippen LogP contribution >= 0.6 is 0 Å². The second kappa shape index (κ2) is 6.67. The fourth-order valence-electron chi connectivity index (χ4n) is 2.97. The standard InChI is InChI=1S/C18H19N5O/c1-13-17(15-3-5-20-6-4-15)11-16(12-19)18(21-13)23-9-7-22(8-10-23)14(2)24/h3-6,11H,7-10H2,1-2H3. The van der Waals surface area contributed by atoms with E-state index in [2.05, 4.69) is 16.0 Å². The zero-order valence-electron chi connectivity index (χ0n) is 13.9. The Bertz CT molecular complexity index is 789. The van der Waals surface area contributed by atoms with Gasteiger partial charge in [0.1, 0.15) is 11.9 Å². The van der Waals surface area contributed by atoms with Crippen LogP contribution < -0.4 is 4.90 Å². The summed E-state index contributed by atoms with van der Waals surface area (Å²) in [5, 5.41) is 9.56. The summed E-state index contributed by atoms with van der Waals surface area (Å²) in [5.74, 6) is 0.795. The molecule has 6 nitrogen and oxygen atoms in total. The van der Waals surface area contributed by atoms with Gasteiger partial charge in [-0.2, -0.15) is 5.26 Å². The van der Waals surface area contributed by atoms with Gasteiger partial charge in [0.25, 0.3) is 0 Å². The minimum Gasteiger partial charge on any atom is -0.352 e. The summed E-state index contributed by atoms with van der Waals surface area (Å²) in [7, 11) is 0. The maximum atomic E-state index is 11.5. The lowest BCUT2D eigenvalue weighted by Gasteiger charge is -2.35. The van der Waals surface area contributed by atoms with E-state index in [1.54, 1.807) is 19.3 Å². The number of hydrogen-bond donors (Lipinski definition) is 0. The molecule has 3 heterocycles. The van der Waals surface area contributed by atoms with Crippen LogP contribution in [0.1, 0.15) is 18.2 Å². The number of rotatable bonds is 2. The summed E-state index contributed by atoms with van der Waals surface area (Å²) in [6, 6.07) is 7.98. The van der Waals surface area contributed by atoms with Crippen molar-refractivity contribution in [3.05, 3.63) is 41.9 Å². The van der Waals surface area contributed by atoms with E-state index in [1.807, 2.05) is 30.0 Å². The zero-order chi connectivity index (χ0) is 17.1. The Hall–Kier alpha value is -2.94. The van der Waals surface area contributed by atoms with Gasteiger partial charge in [-0.1, -0.05) is 0 Å². The molecule has 1 aliphatic rings. The Morgan fingerprint density at radius 3 is 2.46 bits per heavy atom. The predicted molar refractivity (Wildman–Crippen MR) is 91.4 cm³/mol. The quantitative estimate of drug-likeness (QED) is 0.846. The molecule has 0 aromatic carbocycles. The highest BCUT2D eigenvalue weighted by molar-refractivity contribution is 5.74. The first-order valence-electron chi connectivity index (χ1n) is 7.92. The number of pyridine rings is 2. The Kier molecular flexibility index (Phi) is 4.43. The fraction of sp³-hybridized carbons (Fsp3) is 0.333. The average molecular weight is 321 g/mol. The molecule has 3 rings (SSSR count). The van der Waals surface area contributed by atoms with Crippen LogP contribution in [-0.2, 0) is 4.79 Å². The molecule has 1 fully saturated rings. The van der Waals surface area contributed by atoms with Crippen molar-refractivity contribution in [1.29, 1.82) is 5.26 Å². The van der Waals surface area contributed by atoms with Crippen LogP contribution in [0, 0.1) is 18.3 Å². The largest absolute Gasteiger partial charge is 0.352 e. The van der Waals surface area contributed by atoms with Gasteiger partial charge >= 0.3 is 0 Å². The van der Waals surface area contributed by atoms with Crippen molar-refractivity contribution < 1.29 is 4.79 Å². The van der Waals surface area contributed by atoms with Gasteiger partial charge in [0.15, 0.2) is 0 Å². The third-order valence-corrected chi connectivity index (χ3v) is 4.33. The normalized spacial score (nSPS) is 14.4. The summed E-state index contributed by atoms with van der Waals surface area (Å²) in [5.41, 5.74) is 3.38. The molecule has 1 aliphatic heterocycles. The third kappa shape index (κ3) is 3.06. The van der Waals surface area contributed by atoms with E-state index in [-0.39, 0.29) is 5.91 Å². The van der Waals surface area contributed by atoms with Crippen LogP contribution in [0.2, 0.25) is 0 Å². The van der Waals surface area contributed by atoms with E-state index in [1.165, 1.54) is 0 Å². The number of piperazine rings is 1. The first-order valence-corrected chi connectivity index (χ1v) is 7.92. The van der Waals surface area contributed by atoms with Crippen LogP contribution in [0.4, 0.5) is 5.82 Å². The van der Waals surface area contributed by atoms with Crippen LogP contribution in [0.5, 0.6) is 0 Å². The first kappa shape index (κ1) is 15.9. The van der Waals surface area contributed by atoms with Gasteiger partial charge < -0.3 is 9.80 Å². The molecule has 2 aromatic heterocycles. The summed E-state index contributed by atoms with van der Waals surface area (Å²) >= 11 is 0. The van der Waals surface area contributed by atoms with Gasteiger partial charge in [-0.15, -0.1) is 0 Å². The summed E-state index contributed by atoms with van der Waals surface area (Å²) in [4.78, 5) is 24.1. The molecule has 1 amide bonds. The smallest absolute Gasteiger partial charge is 0.219 e. The molecule has 6 heteroatoms. The van der Waals surface area contributed by atoms with Crippen molar-refractivity contribution >= 4 is 11.7 Å². The maximum Gasteiger partial charge on any atom is 0.219 e. The van der Waals surface area contributed by atoms with E-state index >= 15 is 0 Å². The first-order chi connectivity index (χ1) is 11.6. The van der Waals surface area contributed by atoms with Gasteiger partial charge in [0.05, 0.1) is 5.56 Å². The molecular weight excluding hydrogens is 302 g/mol. The number of aromatic nitrogens is 2. The van der Waals surface area contributed by atoms with Gasteiger partial charge in [0, 0.05) is 56.8 Å². The van der Waals surface area contributed by atoms with E-state index in [0.29, 0.717) is 37.6 Å².